The minimum Gasteiger partial charge on any atom is -0.338 e. The number of aromatic nitrogens is 2. The first kappa shape index (κ1) is 18.1. The number of fused-ring (bicyclic) bond motifs is 1. The van der Waals surface area contributed by atoms with Crippen molar-refractivity contribution in [2.45, 2.75) is 26.2 Å². The molecule has 4 rings (SSSR count). The molecular formula is C22H24ClN3O. The zero-order valence-electron chi connectivity index (χ0n) is 15.8. The number of imidazole rings is 1. The van der Waals surface area contributed by atoms with E-state index >= 15 is 0 Å². The second kappa shape index (κ2) is 7.35. The number of nitrogens with zero attached hydrogens (tertiary/aromatic N) is 3. The second-order valence-electron chi connectivity index (χ2n) is 7.49. The van der Waals surface area contributed by atoms with Crippen LogP contribution < -0.4 is 0 Å². The van der Waals surface area contributed by atoms with Crippen LogP contribution in [0.3, 0.4) is 0 Å². The van der Waals surface area contributed by atoms with Gasteiger partial charge in [0.05, 0.1) is 11.0 Å². The number of carbonyl (C=O) groups excluding carboxylic acids is 1. The topological polar surface area (TPSA) is 38.1 Å². The molecule has 0 N–H and O–H groups in total. The van der Waals surface area contributed by atoms with E-state index in [1.807, 2.05) is 65.9 Å². The van der Waals surface area contributed by atoms with Gasteiger partial charge in [0.2, 0.25) is 0 Å². The molecule has 1 aromatic heterocycles. The molecule has 4 nitrogen and oxygen atoms in total. The summed E-state index contributed by atoms with van der Waals surface area (Å²) >= 11 is 5.97. The molecule has 0 saturated heterocycles. The predicted molar refractivity (Wildman–Crippen MR) is 109 cm³/mol. The minimum atomic E-state index is 0.0982. The third kappa shape index (κ3) is 4.01. The molecule has 1 saturated carbocycles. The zero-order valence-corrected chi connectivity index (χ0v) is 16.5. The average Bonchev–Trinajstić information content (AvgIpc) is 3.44. The number of benzene rings is 2. The summed E-state index contributed by atoms with van der Waals surface area (Å²) < 4.78 is 2.05. The highest BCUT2D eigenvalue weighted by molar-refractivity contribution is 6.30. The quantitative estimate of drug-likeness (QED) is 0.624. The summed E-state index contributed by atoms with van der Waals surface area (Å²) in [6.45, 7) is 3.54. The SMILES string of the molecule is Cc1nc2cc(C(=O)N(CCc3ccc(Cl)cc3)CC3CC3)ccc2n1C. The molecule has 5 heteroatoms. The van der Waals surface area contributed by atoms with Gasteiger partial charge in [0.15, 0.2) is 0 Å². The number of aryl methyl sites for hydroxylation is 2. The van der Waals surface area contributed by atoms with Crippen molar-refractivity contribution in [1.29, 1.82) is 0 Å². The fourth-order valence-electron chi connectivity index (χ4n) is 3.44. The lowest BCUT2D eigenvalue weighted by Gasteiger charge is -2.23. The fourth-order valence-corrected chi connectivity index (χ4v) is 3.56. The van der Waals surface area contributed by atoms with E-state index in [1.54, 1.807) is 0 Å². The lowest BCUT2D eigenvalue weighted by molar-refractivity contribution is 0.0749. The van der Waals surface area contributed by atoms with Crippen LogP contribution in [0.15, 0.2) is 42.5 Å². The Bertz CT molecular complexity index is 973. The molecule has 0 atom stereocenters. The number of carbonyl (C=O) groups is 1. The summed E-state index contributed by atoms with van der Waals surface area (Å²) in [7, 11) is 2.00. The van der Waals surface area contributed by atoms with Gasteiger partial charge in [-0.15, -0.1) is 0 Å². The molecule has 27 heavy (non-hydrogen) atoms. The molecule has 0 spiro atoms. The Balaban J connectivity index is 1.53. The maximum Gasteiger partial charge on any atom is 0.253 e. The van der Waals surface area contributed by atoms with Gasteiger partial charge in [-0.05, 0) is 68.0 Å². The van der Waals surface area contributed by atoms with Crippen molar-refractivity contribution < 1.29 is 4.79 Å². The molecule has 0 radical (unpaired) electrons. The first-order chi connectivity index (χ1) is 13.0. The van der Waals surface area contributed by atoms with Crippen molar-refractivity contribution >= 4 is 28.5 Å². The van der Waals surface area contributed by atoms with Gasteiger partial charge in [0.1, 0.15) is 5.82 Å². The highest BCUT2D eigenvalue weighted by Crippen LogP contribution is 2.30. The molecule has 140 valence electrons. The standard InChI is InChI=1S/C22H24ClN3O/c1-15-24-20-13-18(7-10-21(20)25(15)2)22(27)26(14-17-3-4-17)12-11-16-5-8-19(23)9-6-16/h5-10,13,17H,3-4,11-12,14H2,1-2H3. The molecule has 3 aromatic rings. The highest BCUT2D eigenvalue weighted by Gasteiger charge is 2.27. The number of rotatable bonds is 6. The summed E-state index contributed by atoms with van der Waals surface area (Å²) in [6.07, 6.45) is 3.28. The van der Waals surface area contributed by atoms with Crippen LogP contribution >= 0.6 is 11.6 Å². The smallest absolute Gasteiger partial charge is 0.253 e. The summed E-state index contributed by atoms with van der Waals surface area (Å²) in [6, 6.07) is 13.7. The van der Waals surface area contributed by atoms with E-state index in [4.69, 9.17) is 11.6 Å². The molecule has 1 fully saturated rings. The second-order valence-corrected chi connectivity index (χ2v) is 7.93. The van der Waals surface area contributed by atoms with Crippen LogP contribution in [0.4, 0.5) is 0 Å². The molecule has 1 aliphatic rings. The highest BCUT2D eigenvalue weighted by atomic mass is 35.5. The Morgan fingerprint density at radius 1 is 1.22 bits per heavy atom. The van der Waals surface area contributed by atoms with Gasteiger partial charge in [-0.1, -0.05) is 23.7 Å². The van der Waals surface area contributed by atoms with Crippen molar-refractivity contribution in [2.24, 2.45) is 13.0 Å². The Hall–Kier alpha value is -2.33. The molecule has 2 aromatic carbocycles. The fraction of sp³-hybridized carbons (Fsp3) is 0.364. The Kier molecular flexibility index (Phi) is 4.92. The van der Waals surface area contributed by atoms with Gasteiger partial charge in [0, 0.05) is 30.7 Å². The van der Waals surface area contributed by atoms with Gasteiger partial charge in [-0.2, -0.15) is 0 Å². The lowest BCUT2D eigenvalue weighted by atomic mass is 10.1. The van der Waals surface area contributed by atoms with Crippen molar-refractivity contribution in [2.75, 3.05) is 13.1 Å². The van der Waals surface area contributed by atoms with E-state index in [-0.39, 0.29) is 5.91 Å². The number of halogens is 1. The summed E-state index contributed by atoms with van der Waals surface area (Å²) in [5, 5.41) is 0.739. The third-order valence-corrected chi connectivity index (χ3v) is 5.65. The number of hydrogen-bond donors (Lipinski definition) is 0. The number of hydrogen-bond acceptors (Lipinski definition) is 2. The molecule has 1 aliphatic carbocycles. The first-order valence-corrected chi connectivity index (χ1v) is 9.86. The Morgan fingerprint density at radius 3 is 2.67 bits per heavy atom. The van der Waals surface area contributed by atoms with Crippen LogP contribution in [0.5, 0.6) is 0 Å². The molecule has 0 bridgehead atoms. The monoisotopic (exact) mass is 381 g/mol. The molecular weight excluding hydrogens is 358 g/mol. The maximum atomic E-state index is 13.2. The van der Waals surface area contributed by atoms with E-state index in [9.17, 15) is 4.79 Å². The average molecular weight is 382 g/mol. The van der Waals surface area contributed by atoms with E-state index in [2.05, 4.69) is 4.98 Å². The molecule has 1 amide bonds. The van der Waals surface area contributed by atoms with Crippen molar-refractivity contribution in [3.05, 3.63) is 64.4 Å². The largest absolute Gasteiger partial charge is 0.338 e. The van der Waals surface area contributed by atoms with E-state index in [0.717, 1.165) is 47.0 Å². The first-order valence-electron chi connectivity index (χ1n) is 9.48. The van der Waals surface area contributed by atoms with Crippen molar-refractivity contribution in [1.82, 2.24) is 14.5 Å². The normalized spacial score (nSPS) is 13.9. The molecule has 1 heterocycles. The van der Waals surface area contributed by atoms with Crippen molar-refractivity contribution in [3.63, 3.8) is 0 Å². The van der Waals surface area contributed by atoms with Gasteiger partial charge in [-0.25, -0.2) is 4.98 Å². The zero-order chi connectivity index (χ0) is 19.0. The van der Waals surface area contributed by atoms with Gasteiger partial charge >= 0.3 is 0 Å². The maximum absolute atomic E-state index is 13.2. The number of amides is 1. The van der Waals surface area contributed by atoms with Crippen LogP contribution in [0.25, 0.3) is 11.0 Å². The lowest BCUT2D eigenvalue weighted by Crippen LogP contribution is -2.34. The Morgan fingerprint density at radius 2 is 1.96 bits per heavy atom. The molecule has 0 aliphatic heterocycles. The van der Waals surface area contributed by atoms with Crippen LogP contribution in [0, 0.1) is 12.8 Å². The van der Waals surface area contributed by atoms with Crippen LogP contribution in [-0.4, -0.2) is 33.4 Å². The van der Waals surface area contributed by atoms with Crippen molar-refractivity contribution in [3.8, 4) is 0 Å². The summed E-state index contributed by atoms with van der Waals surface area (Å²) in [4.78, 5) is 19.8. The van der Waals surface area contributed by atoms with Gasteiger partial charge in [0.25, 0.3) is 5.91 Å². The summed E-state index contributed by atoms with van der Waals surface area (Å²) in [5.74, 6) is 1.70. The van der Waals surface area contributed by atoms with Gasteiger partial charge < -0.3 is 9.47 Å². The van der Waals surface area contributed by atoms with Crippen LogP contribution in [0.2, 0.25) is 5.02 Å². The van der Waals surface area contributed by atoms with E-state index < -0.39 is 0 Å². The third-order valence-electron chi connectivity index (χ3n) is 5.40. The van der Waals surface area contributed by atoms with Gasteiger partial charge in [-0.3, -0.25) is 4.79 Å². The van der Waals surface area contributed by atoms with E-state index in [1.165, 1.54) is 18.4 Å². The Labute approximate surface area is 164 Å². The molecule has 0 unspecified atom stereocenters. The minimum absolute atomic E-state index is 0.0982. The van der Waals surface area contributed by atoms with Crippen LogP contribution in [0.1, 0.15) is 34.6 Å². The van der Waals surface area contributed by atoms with Crippen LogP contribution in [-0.2, 0) is 13.5 Å². The summed E-state index contributed by atoms with van der Waals surface area (Å²) in [5.41, 5.74) is 3.85. The predicted octanol–water partition coefficient (Wildman–Crippen LogP) is 4.63. The van der Waals surface area contributed by atoms with E-state index in [0.29, 0.717) is 5.92 Å².